The summed E-state index contributed by atoms with van der Waals surface area (Å²) in [6.45, 7) is 32.1. The van der Waals surface area contributed by atoms with Gasteiger partial charge in [-0.15, -0.1) is 0 Å². The Morgan fingerprint density at radius 1 is 0.561 bits per heavy atom. The Morgan fingerprint density at radius 2 is 0.902 bits per heavy atom. The number of benzene rings is 2. The van der Waals surface area contributed by atoms with Crippen LogP contribution in [0.4, 0.5) is 0 Å². The minimum Gasteiger partial charge on any atom is -0.497 e. The fourth-order valence-electron chi connectivity index (χ4n) is 9.93. The molecule has 1 saturated heterocycles. The number of rotatable bonds is 8. The van der Waals surface area contributed by atoms with E-state index in [1.807, 2.05) is 0 Å². The summed E-state index contributed by atoms with van der Waals surface area (Å²) in [6.07, 6.45) is 2.65. The molecule has 0 radical (unpaired) electrons. The van der Waals surface area contributed by atoms with Crippen molar-refractivity contribution in [3.63, 3.8) is 0 Å². The van der Waals surface area contributed by atoms with Crippen molar-refractivity contribution in [2.24, 2.45) is 9.65 Å². The molecule has 2 aliphatic rings. The third-order valence-electron chi connectivity index (χ3n) is 10.8. The van der Waals surface area contributed by atoms with Gasteiger partial charge in [-0.1, -0.05) is 91.4 Å². The molecule has 2 aromatic carbocycles. The fraction of sp³-hybridized carbons (Fsp3) is 0.562. The topological polar surface area (TPSA) is 43.2 Å². The predicted molar refractivity (Wildman–Crippen MR) is 193 cm³/mol. The average molecular weight is 639 g/mol. The molecule has 0 saturated carbocycles. The van der Waals surface area contributed by atoms with Crippen LogP contribution < -0.4 is 9.47 Å². The van der Waals surface area contributed by atoms with Crippen LogP contribution in [0.1, 0.15) is 24.0 Å². The highest BCUT2D eigenvalue weighted by molar-refractivity contribution is 7.37. The number of hydrogen-bond donors (Lipinski definition) is 0. The molecule has 9 heteroatoms. The van der Waals surface area contributed by atoms with E-state index in [2.05, 4.69) is 127 Å². The Hall–Kier alpha value is -1.54. The van der Waals surface area contributed by atoms with Crippen LogP contribution in [0.5, 0.6) is 11.5 Å². The monoisotopic (exact) mass is 638 g/mol. The predicted octanol–water partition coefficient (Wildman–Crippen LogP) is 9.22. The maximum Gasteiger partial charge on any atom is 0.236 e. The molecule has 2 aromatic rings. The third-order valence-corrected chi connectivity index (χ3v) is 49.0. The quantitative estimate of drug-likeness (QED) is 0.271. The lowest BCUT2D eigenvalue weighted by molar-refractivity contribution is 0.414. The Morgan fingerprint density at radius 3 is 1.22 bits per heavy atom. The molecule has 0 bridgehead atoms. The molecular weight excluding hydrogens is 585 g/mol. The number of methoxy groups -OCH3 is 2. The molecule has 1 fully saturated rings. The van der Waals surface area contributed by atoms with E-state index >= 15 is 0 Å². The van der Waals surface area contributed by atoms with Crippen molar-refractivity contribution in [1.82, 2.24) is 0 Å². The van der Waals surface area contributed by atoms with Gasteiger partial charge in [0.1, 0.15) is 17.3 Å². The van der Waals surface area contributed by atoms with Gasteiger partial charge < -0.3 is 9.47 Å². The number of nitrogens with zero attached hydrogens (tertiary/aromatic N) is 2. The molecule has 2 heterocycles. The summed E-state index contributed by atoms with van der Waals surface area (Å²) < 4.78 is 18.0. The van der Waals surface area contributed by atoms with E-state index in [0.717, 1.165) is 22.9 Å². The first-order valence-corrected chi connectivity index (χ1v) is 31.2. The SMILES string of the molecule is COc1ccc(C2=N[Si]3(C(c4ccc(OC)cc4)=N2)C([Si](C)(C)C)([Si](C)(C)C)CCC3([Si](C)(C)C)[Si](C)(C)C)cc1. The maximum atomic E-state index is 6.34. The number of aliphatic imine (C=N–C) groups is 1. The molecule has 1 spiro atoms. The first kappa shape index (κ1) is 32.4. The van der Waals surface area contributed by atoms with Crippen molar-refractivity contribution in [2.75, 3.05) is 14.2 Å². The number of ether oxygens (including phenoxy) is 2. The molecule has 0 aliphatic carbocycles. The van der Waals surface area contributed by atoms with Crippen LogP contribution in [0.25, 0.3) is 0 Å². The van der Waals surface area contributed by atoms with Crippen LogP contribution in [0.3, 0.4) is 0 Å². The summed E-state index contributed by atoms with van der Waals surface area (Å²) >= 11 is 0. The van der Waals surface area contributed by atoms with Crippen LogP contribution in [0.2, 0.25) is 87.1 Å². The lowest BCUT2D eigenvalue weighted by Gasteiger charge is -2.64. The lowest BCUT2D eigenvalue weighted by atomic mass is 10.2. The molecule has 224 valence electrons. The zero-order chi connectivity index (χ0) is 30.9. The van der Waals surface area contributed by atoms with Gasteiger partial charge in [0.25, 0.3) is 0 Å². The Labute approximate surface area is 255 Å². The zero-order valence-electron chi connectivity index (χ0n) is 28.2. The van der Waals surface area contributed by atoms with Crippen LogP contribution in [0.15, 0.2) is 58.2 Å². The summed E-state index contributed by atoms with van der Waals surface area (Å²) in [4.78, 5) is 5.76. The first-order chi connectivity index (χ1) is 18.7. The largest absolute Gasteiger partial charge is 0.497 e. The van der Waals surface area contributed by atoms with Crippen LogP contribution in [0, 0.1) is 0 Å². The molecule has 4 rings (SSSR count). The molecule has 0 atom stereocenters. The van der Waals surface area contributed by atoms with Crippen molar-refractivity contribution in [1.29, 1.82) is 0 Å². The number of amidine groups is 1. The summed E-state index contributed by atoms with van der Waals surface area (Å²) in [5, 5.41) is 1.37. The minimum atomic E-state index is -2.72. The Balaban J connectivity index is 2.26. The van der Waals surface area contributed by atoms with E-state index in [1.54, 1.807) is 14.2 Å². The van der Waals surface area contributed by atoms with Crippen LogP contribution in [-0.2, 0) is 0 Å². The highest BCUT2D eigenvalue weighted by atomic mass is 28.5. The minimum absolute atomic E-state index is 0.278. The van der Waals surface area contributed by atoms with Gasteiger partial charge in [-0.25, -0.2) is 4.99 Å². The highest BCUT2D eigenvalue weighted by Crippen LogP contribution is 2.77. The van der Waals surface area contributed by atoms with E-state index in [0.29, 0.717) is 0 Å². The summed E-state index contributed by atoms with van der Waals surface area (Å²) in [5.74, 6) is 2.74. The third kappa shape index (κ3) is 4.51. The van der Waals surface area contributed by atoms with Crippen LogP contribution >= 0.6 is 0 Å². The summed E-state index contributed by atoms with van der Waals surface area (Å²) in [7, 11) is -6.42. The second kappa shape index (κ2) is 10.3. The van der Waals surface area contributed by atoms with Crippen molar-refractivity contribution in [2.45, 2.75) is 100.0 Å². The van der Waals surface area contributed by atoms with Crippen LogP contribution in [-0.4, -0.2) is 65.9 Å². The zero-order valence-corrected chi connectivity index (χ0v) is 33.2. The lowest BCUT2D eigenvalue weighted by Crippen LogP contribution is -2.78. The van der Waals surface area contributed by atoms with Gasteiger partial charge in [0.2, 0.25) is 8.24 Å². The van der Waals surface area contributed by atoms with Gasteiger partial charge in [-0.3, -0.25) is 4.66 Å². The Kier molecular flexibility index (Phi) is 8.12. The van der Waals surface area contributed by atoms with Gasteiger partial charge in [-0.2, -0.15) is 0 Å². The number of hydrogen-bond acceptors (Lipinski definition) is 4. The average Bonchev–Trinajstić information content (AvgIpc) is 3.42. The highest BCUT2D eigenvalue weighted by Gasteiger charge is 2.84. The molecule has 0 N–H and O–H groups in total. The van der Waals surface area contributed by atoms with Gasteiger partial charge >= 0.3 is 0 Å². The van der Waals surface area contributed by atoms with Crippen molar-refractivity contribution in [3.05, 3.63) is 59.7 Å². The molecular formula is C32H54N2O2Si5. The van der Waals surface area contributed by atoms with E-state index in [4.69, 9.17) is 19.1 Å². The molecule has 41 heavy (non-hydrogen) atoms. The van der Waals surface area contributed by atoms with Crippen molar-refractivity contribution >= 4 is 51.7 Å². The second-order valence-corrected chi connectivity index (χ2v) is 44.6. The first-order valence-electron chi connectivity index (χ1n) is 15.2. The molecule has 0 aromatic heterocycles. The van der Waals surface area contributed by atoms with Crippen molar-refractivity contribution in [3.8, 4) is 11.5 Å². The van der Waals surface area contributed by atoms with Gasteiger partial charge in [0.15, 0.2) is 0 Å². The summed E-state index contributed by atoms with van der Waals surface area (Å²) in [6, 6.07) is 17.3. The maximum absolute atomic E-state index is 6.34. The van der Waals surface area contributed by atoms with E-state index in [9.17, 15) is 0 Å². The molecule has 0 unspecified atom stereocenters. The summed E-state index contributed by atoms with van der Waals surface area (Å²) in [5.41, 5.74) is 2.39. The van der Waals surface area contributed by atoms with Gasteiger partial charge in [-0.05, 0) is 62.7 Å². The van der Waals surface area contributed by atoms with Gasteiger partial charge in [0, 0.05) is 37.9 Å². The Bertz CT molecular complexity index is 1270. The van der Waals surface area contributed by atoms with Crippen molar-refractivity contribution < 1.29 is 9.47 Å². The van der Waals surface area contributed by atoms with E-state index < -0.39 is 40.5 Å². The second-order valence-electron chi connectivity index (χ2n) is 16.4. The van der Waals surface area contributed by atoms with Gasteiger partial charge in [0.05, 0.1) is 19.6 Å². The molecule has 2 aliphatic heterocycles. The standard InChI is InChI=1S/C32H54N2O2Si5/c1-35-27-19-15-25(16-20-27)29-33-30(26-17-21-28(36-2)22-18-26)41(34-29)31(37(3,4)5,38(6,7)8)23-24-32(41,39(9,10)11)40(12,13)14/h15-22H,23-24H2,1-14H3. The molecule has 4 nitrogen and oxygen atoms in total. The van der Waals surface area contributed by atoms with E-state index in [1.165, 1.54) is 23.7 Å². The molecule has 0 amide bonds. The normalized spacial score (nSPS) is 20.1. The fourth-order valence-corrected chi connectivity index (χ4v) is 59.3. The smallest absolute Gasteiger partial charge is 0.236 e. The van der Waals surface area contributed by atoms with E-state index in [-0.39, 0.29) is 8.57 Å².